The molecule has 5 aliphatic carbocycles. The summed E-state index contributed by atoms with van der Waals surface area (Å²) in [4.78, 5) is 0. The van der Waals surface area contributed by atoms with Crippen molar-refractivity contribution in [3.8, 4) is 55.6 Å². The molecule has 0 atom stereocenters. The number of benzene rings is 10. The summed E-state index contributed by atoms with van der Waals surface area (Å²) in [6.07, 6.45) is 12.9. The summed E-state index contributed by atoms with van der Waals surface area (Å²) < 4.78 is 13.9. The van der Waals surface area contributed by atoms with Gasteiger partial charge in [-0.15, -0.1) is 0 Å². The van der Waals surface area contributed by atoms with Crippen molar-refractivity contribution in [2.24, 2.45) is 0 Å². The molecule has 2 aromatic heterocycles. The van der Waals surface area contributed by atoms with Crippen LogP contribution in [0.4, 0.5) is 0 Å². The van der Waals surface area contributed by atoms with Crippen molar-refractivity contribution < 1.29 is 8.83 Å². The summed E-state index contributed by atoms with van der Waals surface area (Å²) in [7, 11) is 0. The number of rotatable bonds is 4. The number of furan rings is 2. The smallest absolute Gasteiger partial charge is 0.138 e. The normalized spacial score (nSPS) is 17.9. The third-order valence-electron chi connectivity index (χ3n) is 21.0. The van der Waals surface area contributed by atoms with E-state index < -0.39 is 0 Å². The molecule has 2 saturated carbocycles. The van der Waals surface area contributed by atoms with Crippen molar-refractivity contribution in [3.05, 3.63) is 202 Å². The zero-order valence-corrected chi connectivity index (χ0v) is 46.6. The first-order chi connectivity index (χ1) is 38.5. The fraction of sp³-hybridized carbons (Fsp3) is 0.273. The van der Waals surface area contributed by atoms with E-state index in [4.69, 9.17) is 8.83 Å². The highest BCUT2D eigenvalue weighted by Crippen LogP contribution is 2.62. The predicted molar refractivity (Wildman–Crippen MR) is 331 cm³/mol. The van der Waals surface area contributed by atoms with Crippen LogP contribution < -0.4 is 0 Å². The highest BCUT2D eigenvalue weighted by atomic mass is 16.3. The number of hydrogen-bond acceptors (Lipinski definition) is 2. The lowest BCUT2D eigenvalue weighted by molar-refractivity contribution is 0.442. The van der Waals surface area contributed by atoms with Crippen molar-refractivity contribution in [2.45, 2.75) is 134 Å². The SMILES string of the molecule is CC1(C)c2cc3c(cc2-c2cc4c(cc21)-c1c(cc(-c2cccc5oc6c(C7CCCCC7)cccc6c25)c2ccccc12)C4(C)C)C(C)(C)c1cc(-c2cccc4oc5c(C6CCCCC6)cccc5c24)c2ccccc2c1-3. The Labute approximate surface area is 463 Å². The molecule has 0 aliphatic heterocycles. The number of para-hydroxylation sites is 2. The van der Waals surface area contributed by atoms with Crippen molar-refractivity contribution >= 4 is 65.4 Å². The third-order valence-corrected chi connectivity index (χ3v) is 21.0. The summed E-state index contributed by atoms with van der Waals surface area (Å²) in [6, 6.07) is 61.4. The van der Waals surface area contributed by atoms with Gasteiger partial charge in [0.1, 0.15) is 22.3 Å². The molecule has 2 nitrogen and oxygen atoms in total. The molecule has 10 aromatic carbocycles. The van der Waals surface area contributed by atoms with Crippen LogP contribution in [0.1, 0.15) is 162 Å². The Bertz CT molecular complexity index is 4350. The lowest BCUT2D eigenvalue weighted by Crippen LogP contribution is -2.17. The maximum atomic E-state index is 6.93. The second-order valence-corrected chi connectivity index (χ2v) is 26.2. The van der Waals surface area contributed by atoms with Gasteiger partial charge in [0, 0.05) is 37.8 Å². The molecule has 2 heterocycles. The fourth-order valence-corrected chi connectivity index (χ4v) is 17.0. The van der Waals surface area contributed by atoms with Gasteiger partial charge in [-0.2, -0.15) is 0 Å². The van der Waals surface area contributed by atoms with Crippen LogP contribution in [0.25, 0.3) is 121 Å². The van der Waals surface area contributed by atoms with Gasteiger partial charge in [0.05, 0.1) is 0 Å². The molecule has 0 amide bonds. The summed E-state index contributed by atoms with van der Waals surface area (Å²) in [5, 5.41) is 10.2. The molecule has 0 spiro atoms. The Morgan fingerprint density at radius 3 is 1.08 bits per heavy atom. The molecule has 0 bridgehead atoms. The van der Waals surface area contributed by atoms with Gasteiger partial charge >= 0.3 is 0 Å². The van der Waals surface area contributed by atoms with E-state index in [0.717, 1.165) is 22.3 Å². The first-order valence-corrected chi connectivity index (χ1v) is 29.9. The van der Waals surface area contributed by atoms with Gasteiger partial charge in [0.25, 0.3) is 0 Å². The summed E-state index contributed by atoms with van der Waals surface area (Å²) >= 11 is 0. The van der Waals surface area contributed by atoms with Crippen molar-refractivity contribution in [3.63, 3.8) is 0 Å². The van der Waals surface area contributed by atoms with Gasteiger partial charge in [-0.25, -0.2) is 0 Å². The summed E-state index contributed by atoms with van der Waals surface area (Å²) in [5.41, 5.74) is 28.1. The Hall–Kier alpha value is -7.68. The average molecular weight is 1020 g/mol. The topological polar surface area (TPSA) is 26.3 Å². The number of fused-ring (bicyclic) bond motifs is 19. The molecule has 12 aromatic rings. The Morgan fingerprint density at radius 1 is 0.304 bits per heavy atom. The molecule has 0 saturated heterocycles. The van der Waals surface area contributed by atoms with E-state index in [2.05, 4.69) is 199 Å². The van der Waals surface area contributed by atoms with E-state index in [0.29, 0.717) is 11.8 Å². The van der Waals surface area contributed by atoms with E-state index in [-0.39, 0.29) is 16.2 Å². The van der Waals surface area contributed by atoms with E-state index in [1.165, 1.54) is 207 Å². The molecule has 0 N–H and O–H groups in total. The van der Waals surface area contributed by atoms with Gasteiger partial charge in [-0.3, -0.25) is 0 Å². The third kappa shape index (κ3) is 6.19. The molecule has 2 heteroatoms. The van der Waals surface area contributed by atoms with Gasteiger partial charge < -0.3 is 8.83 Å². The fourth-order valence-electron chi connectivity index (χ4n) is 17.0. The summed E-state index contributed by atoms with van der Waals surface area (Å²) in [6.45, 7) is 14.9. The summed E-state index contributed by atoms with van der Waals surface area (Å²) in [5.74, 6) is 1.13. The lowest BCUT2D eigenvalue weighted by atomic mass is 9.78. The van der Waals surface area contributed by atoms with Gasteiger partial charge in [-0.05, 0) is 208 Å². The van der Waals surface area contributed by atoms with Crippen molar-refractivity contribution in [2.75, 3.05) is 0 Å². The molecule has 17 rings (SSSR count). The van der Waals surface area contributed by atoms with Crippen LogP contribution in [0.3, 0.4) is 0 Å². The van der Waals surface area contributed by atoms with Gasteiger partial charge in [0.2, 0.25) is 0 Å². The number of hydrogen-bond donors (Lipinski definition) is 0. The van der Waals surface area contributed by atoms with Crippen LogP contribution in [-0.2, 0) is 16.2 Å². The zero-order valence-electron chi connectivity index (χ0n) is 46.6. The van der Waals surface area contributed by atoms with E-state index in [1.54, 1.807) is 0 Å². The average Bonchev–Trinajstić information content (AvgIpc) is 3.50. The van der Waals surface area contributed by atoms with Gasteiger partial charge in [-0.1, -0.05) is 189 Å². The molecule has 5 aliphatic rings. The quantitative estimate of drug-likeness (QED) is 0.176. The first kappa shape index (κ1) is 46.3. The maximum Gasteiger partial charge on any atom is 0.138 e. The van der Waals surface area contributed by atoms with Gasteiger partial charge in [0.15, 0.2) is 0 Å². The Morgan fingerprint density at radius 2 is 0.646 bits per heavy atom. The van der Waals surface area contributed by atoms with E-state index in [1.807, 2.05) is 0 Å². The van der Waals surface area contributed by atoms with E-state index >= 15 is 0 Å². The van der Waals surface area contributed by atoms with E-state index in [9.17, 15) is 0 Å². The molecular formula is C77H66O2. The predicted octanol–water partition coefficient (Wildman–Crippen LogP) is 22.1. The largest absolute Gasteiger partial charge is 0.456 e. The molecule has 386 valence electrons. The zero-order chi connectivity index (χ0) is 52.8. The Balaban J connectivity index is 0.809. The lowest BCUT2D eigenvalue weighted by Gasteiger charge is -2.25. The minimum Gasteiger partial charge on any atom is -0.456 e. The van der Waals surface area contributed by atoms with Crippen LogP contribution in [0.2, 0.25) is 0 Å². The highest BCUT2D eigenvalue weighted by molar-refractivity contribution is 6.20. The van der Waals surface area contributed by atoms with Crippen LogP contribution in [-0.4, -0.2) is 0 Å². The second-order valence-electron chi connectivity index (χ2n) is 26.2. The van der Waals surface area contributed by atoms with Crippen LogP contribution >= 0.6 is 0 Å². The van der Waals surface area contributed by atoms with Crippen LogP contribution in [0.15, 0.2) is 167 Å². The second kappa shape index (κ2) is 16.2. The molecule has 2 fully saturated rings. The molecular weight excluding hydrogens is 957 g/mol. The van der Waals surface area contributed by atoms with Crippen molar-refractivity contribution in [1.82, 2.24) is 0 Å². The van der Waals surface area contributed by atoms with Crippen LogP contribution in [0, 0.1) is 0 Å². The Kier molecular flexibility index (Phi) is 9.50. The monoisotopic (exact) mass is 1020 g/mol. The first-order valence-electron chi connectivity index (χ1n) is 29.9. The van der Waals surface area contributed by atoms with Crippen LogP contribution in [0.5, 0.6) is 0 Å². The minimum atomic E-state index is -0.242. The maximum absolute atomic E-state index is 6.93. The molecule has 79 heavy (non-hydrogen) atoms. The minimum absolute atomic E-state index is 0.219. The standard InChI is InChI=1S/C77H66O2/c1-75(2)61-41-59-63(76(3,4)65-37-55(47-25-13-15-27-49(47)69(59)65)51-31-19-35-67-71(51)53-33-17-29-45(73(53)78-67)43-21-9-7-10-22-43)39-57(61)58-40-64-60(42-62(58)75)70-50-28-16-14-26-48(50)56(38-66(70)77(64,5)6)52-32-20-36-68-72(52)54-34-18-30-46(74(54)79-68)44-23-11-8-12-24-44/h13-20,25-44H,7-12,21-24H2,1-6H3. The molecule has 0 radical (unpaired) electrons. The molecule has 0 unspecified atom stereocenters. The highest BCUT2D eigenvalue weighted by Gasteiger charge is 2.46. The van der Waals surface area contributed by atoms with Crippen molar-refractivity contribution in [1.29, 1.82) is 0 Å².